The molecule has 1 heterocycles. The first-order chi connectivity index (χ1) is 8.24. The van der Waals surface area contributed by atoms with Crippen LogP contribution in [-0.4, -0.2) is 61.7 Å². The van der Waals surface area contributed by atoms with Gasteiger partial charge < -0.3 is 10.2 Å². The van der Waals surface area contributed by atoms with Crippen molar-refractivity contribution in [3.05, 3.63) is 0 Å². The van der Waals surface area contributed by atoms with Crippen LogP contribution < -0.4 is 5.32 Å². The van der Waals surface area contributed by atoms with E-state index in [9.17, 15) is 0 Å². The second kappa shape index (κ2) is 7.65. The van der Waals surface area contributed by atoms with Crippen molar-refractivity contribution in [3.63, 3.8) is 0 Å². The van der Waals surface area contributed by atoms with Gasteiger partial charge in [-0.15, -0.1) is 0 Å². The molecule has 1 saturated heterocycles. The summed E-state index contributed by atoms with van der Waals surface area (Å²) in [6.07, 6.45) is 2.20. The highest BCUT2D eigenvalue weighted by molar-refractivity contribution is 4.90. The molecule has 1 aliphatic rings. The average molecular weight is 238 g/mol. The van der Waals surface area contributed by atoms with Crippen LogP contribution in [0.5, 0.6) is 0 Å². The largest absolute Gasteiger partial charge is 0.305 e. The van der Waals surface area contributed by atoms with Gasteiger partial charge in [0.15, 0.2) is 0 Å². The van der Waals surface area contributed by atoms with Crippen LogP contribution in [-0.2, 0) is 0 Å². The predicted octanol–water partition coefficient (Wildman–Crippen LogP) is 0.904. The lowest BCUT2D eigenvalue weighted by molar-refractivity contribution is 0.209. The lowest BCUT2D eigenvalue weighted by atomic mass is 10.2. The third-order valence-corrected chi connectivity index (χ3v) is 3.81. The summed E-state index contributed by atoms with van der Waals surface area (Å²) >= 11 is 0. The Bertz CT molecular complexity index is 244. The van der Waals surface area contributed by atoms with Crippen LogP contribution >= 0.6 is 0 Å². The quantitative estimate of drug-likeness (QED) is 0.716. The normalized spacial score (nSPS) is 22.9. The molecule has 0 aliphatic carbocycles. The summed E-state index contributed by atoms with van der Waals surface area (Å²) in [5, 5.41) is 11.9. The number of hydrogen-bond acceptors (Lipinski definition) is 4. The molecule has 1 rings (SSSR count). The van der Waals surface area contributed by atoms with Gasteiger partial charge in [-0.05, 0) is 39.5 Å². The van der Waals surface area contributed by atoms with Crippen LogP contribution in [0.25, 0.3) is 0 Å². The van der Waals surface area contributed by atoms with Gasteiger partial charge >= 0.3 is 0 Å². The number of hydrogen-bond donors (Lipinski definition) is 1. The van der Waals surface area contributed by atoms with Gasteiger partial charge in [0.25, 0.3) is 0 Å². The predicted molar refractivity (Wildman–Crippen MR) is 70.8 cm³/mol. The zero-order valence-corrected chi connectivity index (χ0v) is 11.4. The summed E-state index contributed by atoms with van der Waals surface area (Å²) in [4.78, 5) is 5.03. The van der Waals surface area contributed by atoms with Gasteiger partial charge in [-0.2, -0.15) is 5.26 Å². The Hall–Kier alpha value is -0.630. The fourth-order valence-electron chi connectivity index (χ4n) is 2.64. The summed E-state index contributed by atoms with van der Waals surface area (Å²) in [6.45, 7) is 10.2. The number of nitrogens with zero attached hydrogens (tertiary/aromatic N) is 3. The first kappa shape index (κ1) is 14.4. The van der Waals surface area contributed by atoms with Crippen molar-refractivity contribution in [1.82, 2.24) is 15.1 Å². The first-order valence-electron chi connectivity index (χ1n) is 6.78. The van der Waals surface area contributed by atoms with E-state index >= 15 is 0 Å². The molecule has 4 heteroatoms. The van der Waals surface area contributed by atoms with E-state index in [1.165, 1.54) is 19.5 Å². The van der Waals surface area contributed by atoms with Crippen molar-refractivity contribution in [2.45, 2.75) is 38.8 Å². The topological polar surface area (TPSA) is 42.3 Å². The van der Waals surface area contributed by atoms with E-state index in [2.05, 4.69) is 35.0 Å². The van der Waals surface area contributed by atoms with Gasteiger partial charge in [0.2, 0.25) is 0 Å². The Morgan fingerprint density at radius 3 is 2.71 bits per heavy atom. The molecule has 1 fully saturated rings. The molecule has 2 atom stereocenters. The van der Waals surface area contributed by atoms with Crippen molar-refractivity contribution in [2.24, 2.45) is 0 Å². The maximum Gasteiger partial charge on any atom is 0.0962 e. The number of likely N-dealkylation sites (N-methyl/N-ethyl adjacent to an activating group) is 1. The zero-order chi connectivity index (χ0) is 12.7. The minimum atomic E-state index is 0.00232. The van der Waals surface area contributed by atoms with E-state index in [-0.39, 0.29) is 6.04 Å². The van der Waals surface area contributed by atoms with Crippen molar-refractivity contribution < 1.29 is 0 Å². The first-order valence-corrected chi connectivity index (χ1v) is 6.78. The molecule has 0 aromatic carbocycles. The Balaban J connectivity index is 2.28. The highest BCUT2D eigenvalue weighted by atomic mass is 15.2. The fourth-order valence-corrected chi connectivity index (χ4v) is 2.64. The average Bonchev–Trinajstić information content (AvgIpc) is 2.81. The summed E-state index contributed by atoms with van der Waals surface area (Å²) in [5.74, 6) is 0. The summed E-state index contributed by atoms with van der Waals surface area (Å²) in [5.41, 5.74) is 0. The molecular weight excluding hydrogens is 212 g/mol. The van der Waals surface area contributed by atoms with Crippen molar-refractivity contribution >= 4 is 0 Å². The highest BCUT2D eigenvalue weighted by Crippen LogP contribution is 2.15. The molecule has 2 unspecified atom stereocenters. The molecular formula is C13H26N4. The van der Waals surface area contributed by atoms with Crippen molar-refractivity contribution in [2.75, 3.05) is 39.8 Å². The smallest absolute Gasteiger partial charge is 0.0962 e. The second-order valence-corrected chi connectivity index (χ2v) is 4.72. The zero-order valence-electron chi connectivity index (χ0n) is 11.4. The van der Waals surface area contributed by atoms with E-state index in [0.29, 0.717) is 0 Å². The summed E-state index contributed by atoms with van der Waals surface area (Å²) in [6, 6.07) is 3.01. The Labute approximate surface area is 106 Å². The van der Waals surface area contributed by atoms with Gasteiger partial charge in [0.05, 0.1) is 12.1 Å². The van der Waals surface area contributed by atoms with Crippen LogP contribution in [0.3, 0.4) is 0 Å². The molecule has 0 aromatic rings. The third-order valence-electron chi connectivity index (χ3n) is 3.81. The minimum Gasteiger partial charge on any atom is -0.305 e. The molecule has 17 heavy (non-hydrogen) atoms. The summed E-state index contributed by atoms with van der Waals surface area (Å²) in [7, 11) is 1.86. The van der Waals surface area contributed by atoms with Crippen LogP contribution in [0.15, 0.2) is 0 Å². The Morgan fingerprint density at radius 1 is 1.47 bits per heavy atom. The summed E-state index contributed by atoms with van der Waals surface area (Å²) < 4.78 is 0. The molecule has 0 radical (unpaired) electrons. The Morgan fingerprint density at radius 2 is 2.18 bits per heavy atom. The second-order valence-electron chi connectivity index (χ2n) is 4.72. The fraction of sp³-hybridized carbons (Fsp3) is 0.923. The third kappa shape index (κ3) is 4.27. The molecule has 98 valence electrons. The van der Waals surface area contributed by atoms with E-state index in [0.717, 1.165) is 32.1 Å². The van der Waals surface area contributed by atoms with Crippen LogP contribution in [0.2, 0.25) is 0 Å². The maximum absolute atomic E-state index is 8.88. The monoisotopic (exact) mass is 238 g/mol. The molecule has 0 bridgehead atoms. The standard InChI is InChI=1S/C13H26N4/c1-4-17(5-2)13-7-9-16(11-13)8-6-12(10-14)15-3/h12-13,15H,4-9,11H2,1-3H3. The molecule has 0 saturated carbocycles. The number of nitriles is 1. The number of rotatable bonds is 7. The number of likely N-dealkylation sites (tertiary alicyclic amines) is 1. The van der Waals surface area contributed by atoms with Crippen molar-refractivity contribution in [3.8, 4) is 6.07 Å². The van der Waals surface area contributed by atoms with Crippen LogP contribution in [0.1, 0.15) is 26.7 Å². The van der Waals surface area contributed by atoms with Crippen molar-refractivity contribution in [1.29, 1.82) is 5.26 Å². The van der Waals surface area contributed by atoms with Crippen LogP contribution in [0.4, 0.5) is 0 Å². The molecule has 0 spiro atoms. The maximum atomic E-state index is 8.88. The van der Waals surface area contributed by atoms with E-state index < -0.39 is 0 Å². The lowest BCUT2D eigenvalue weighted by Crippen LogP contribution is -2.38. The lowest BCUT2D eigenvalue weighted by Gasteiger charge is -2.26. The molecule has 4 nitrogen and oxygen atoms in total. The molecule has 1 aliphatic heterocycles. The van der Waals surface area contributed by atoms with E-state index in [1.807, 2.05) is 7.05 Å². The Kier molecular flexibility index (Phi) is 6.49. The van der Waals surface area contributed by atoms with Crippen LogP contribution in [0, 0.1) is 11.3 Å². The van der Waals surface area contributed by atoms with E-state index in [1.54, 1.807) is 0 Å². The molecule has 0 aromatic heterocycles. The number of nitrogens with one attached hydrogen (secondary N) is 1. The van der Waals surface area contributed by atoms with Gasteiger partial charge in [0.1, 0.15) is 0 Å². The SMILES string of the molecule is CCN(CC)C1CCN(CCC(C#N)NC)C1. The molecule has 1 N–H and O–H groups in total. The molecule has 0 amide bonds. The van der Waals surface area contributed by atoms with E-state index in [4.69, 9.17) is 5.26 Å². The minimum absolute atomic E-state index is 0.00232. The highest BCUT2D eigenvalue weighted by Gasteiger charge is 2.25. The van der Waals surface area contributed by atoms with Gasteiger partial charge in [0, 0.05) is 19.1 Å². The van der Waals surface area contributed by atoms with Gasteiger partial charge in [-0.25, -0.2) is 0 Å². The van der Waals surface area contributed by atoms with Gasteiger partial charge in [-0.1, -0.05) is 13.8 Å². The van der Waals surface area contributed by atoms with Gasteiger partial charge in [-0.3, -0.25) is 4.90 Å².